The van der Waals surface area contributed by atoms with Crippen LogP contribution in [-0.2, 0) is 9.84 Å². The quantitative estimate of drug-likeness (QED) is 0.947. The molecule has 1 aliphatic heterocycles. The van der Waals surface area contributed by atoms with Crippen LogP contribution in [0.15, 0.2) is 47.4 Å². The number of fused-ring (bicyclic) bond motifs is 1. The Balaban J connectivity index is 1.92. The van der Waals surface area contributed by atoms with Crippen LogP contribution in [0.25, 0.3) is 0 Å². The van der Waals surface area contributed by atoms with Gasteiger partial charge >= 0.3 is 0 Å². The fourth-order valence-corrected chi connectivity index (χ4v) is 4.48. The Bertz CT molecular complexity index is 784. The Hall–Kier alpha value is -2.01. The van der Waals surface area contributed by atoms with Gasteiger partial charge in [0.15, 0.2) is 9.84 Å². The zero-order chi connectivity index (χ0) is 15.0. The fourth-order valence-electron chi connectivity index (χ4n) is 2.74. The molecular weight excluding hydrogens is 286 g/mol. The molecule has 0 saturated heterocycles. The molecule has 0 amide bonds. The predicted molar refractivity (Wildman–Crippen MR) is 82.6 cm³/mol. The van der Waals surface area contributed by atoms with E-state index in [1.807, 2.05) is 37.3 Å². The van der Waals surface area contributed by atoms with Crippen LogP contribution in [0.4, 0.5) is 5.69 Å². The molecule has 0 bridgehead atoms. The van der Waals surface area contributed by atoms with Crippen molar-refractivity contribution < 1.29 is 13.2 Å². The number of nitrogens with one attached hydrogen (secondary N) is 1. The lowest BCUT2D eigenvalue weighted by Crippen LogP contribution is -2.13. The first-order valence-electron chi connectivity index (χ1n) is 6.74. The highest BCUT2D eigenvalue weighted by molar-refractivity contribution is 7.91. The Morgan fingerprint density at radius 2 is 1.95 bits per heavy atom. The lowest BCUT2D eigenvalue weighted by atomic mass is 10.1. The van der Waals surface area contributed by atoms with Crippen LogP contribution in [0.1, 0.15) is 17.2 Å². The number of hydrogen-bond acceptors (Lipinski definition) is 4. The molecule has 0 radical (unpaired) electrons. The van der Waals surface area contributed by atoms with Gasteiger partial charge in [0.1, 0.15) is 5.75 Å². The first-order valence-corrected chi connectivity index (χ1v) is 8.39. The highest BCUT2D eigenvalue weighted by Gasteiger charge is 2.34. The highest BCUT2D eigenvalue weighted by atomic mass is 32.2. The maximum atomic E-state index is 12.2. The maximum absolute atomic E-state index is 12.2. The number of aryl methyl sites for hydroxylation is 1. The van der Waals surface area contributed by atoms with Crippen molar-refractivity contribution in [2.75, 3.05) is 18.2 Å². The zero-order valence-corrected chi connectivity index (χ0v) is 12.8. The van der Waals surface area contributed by atoms with Crippen LogP contribution in [0.3, 0.4) is 0 Å². The van der Waals surface area contributed by atoms with Gasteiger partial charge in [0.05, 0.1) is 23.8 Å². The molecule has 2 aromatic carbocycles. The summed E-state index contributed by atoms with van der Waals surface area (Å²) in [5, 5.41) is 3.31. The zero-order valence-electron chi connectivity index (χ0n) is 12.0. The van der Waals surface area contributed by atoms with Crippen LogP contribution in [0.5, 0.6) is 5.75 Å². The molecule has 0 spiro atoms. The second kappa shape index (κ2) is 5.07. The summed E-state index contributed by atoms with van der Waals surface area (Å²) in [6, 6.07) is 12.7. The van der Waals surface area contributed by atoms with Gasteiger partial charge in [0.25, 0.3) is 0 Å². The lowest BCUT2D eigenvalue weighted by molar-refractivity contribution is 0.412. The van der Waals surface area contributed by atoms with E-state index < -0.39 is 9.84 Å². The van der Waals surface area contributed by atoms with Crippen molar-refractivity contribution in [2.24, 2.45) is 0 Å². The van der Waals surface area contributed by atoms with E-state index >= 15 is 0 Å². The molecule has 1 unspecified atom stereocenters. The van der Waals surface area contributed by atoms with Crippen molar-refractivity contribution >= 4 is 15.5 Å². The number of benzene rings is 2. The molecule has 110 valence electrons. The number of rotatable bonds is 3. The van der Waals surface area contributed by atoms with Gasteiger partial charge < -0.3 is 10.1 Å². The summed E-state index contributed by atoms with van der Waals surface area (Å²) in [4.78, 5) is 0.438. The van der Waals surface area contributed by atoms with E-state index in [1.165, 1.54) is 0 Å². The summed E-state index contributed by atoms with van der Waals surface area (Å²) < 4.78 is 29.6. The lowest BCUT2D eigenvalue weighted by Gasteiger charge is -2.15. The van der Waals surface area contributed by atoms with Gasteiger partial charge in [-0.3, -0.25) is 0 Å². The minimum Gasteiger partial charge on any atom is -0.496 e. The van der Waals surface area contributed by atoms with Gasteiger partial charge in [-0.05, 0) is 42.3 Å². The number of methoxy groups -OCH3 is 1. The van der Waals surface area contributed by atoms with E-state index in [4.69, 9.17) is 4.74 Å². The van der Waals surface area contributed by atoms with Gasteiger partial charge in [-0.1, -0.05) is 18.2 Å². The summed E-state index contributed by atoms with van der Waals surface area (Å²) in [5.41, 5.74) is 2.74. The van der Waals surface area contributed by atoms with Crippen LogP contribution in [0, 0.1) is 6.92 Å². The van der Waals surface area contributed by atoms with Crippen molar-refractivity contribution in [1.82, 2.24) is 0 Å². The number of anilines is 1. The second-order valence-corrected chi connectivity index (χ2v) is 7.20. The van der Waals surface area contributed by atoms with E-state index in [0.29, 0.717) is 4.90 Å². The molecular formula is C16H17NO3S. The Kier molecular flexibility index (Phi) is 3.37. The Morgan fingerprint density at radius 3 is 2.67 bits per heavy atom. The second-order valence-electron chi connectivity index (χ2n) is 5.20. The summed E-state index contributed by atoms with van der Waals surface area (Å²) in [7, 11) is -1.55. The first kappa shape index (κ1) is 13.9. The normalized spacial score (nSPS) is 19.0. The van der Waals surface area contributed by atoms with E-state index in [2.05, 4.69) is 5.32 Å². The van der Waals surface area contributed by atoms with Gasteiger partial charge in [-0.2, -0.15) is 0 Å². The van der Waals surface area contributed by atoms with E-state index in [9.17, 15) is 8.42 Å². The molecule has 3 rings (SSSR count). The molecule has 0 saturated carbocycles. The van der Waals surface area contributed by atoms with E-state index in [0.717, 1.165) is 22.6 Å². The largest absolute Gasteiger partial charge is 0.496 e. The average Bonchev–Trinajstić information content (AvgIpc) is 2.71. The van der Waals surface area contributed by atoms with Crippen molar-refractivity contribution in [2.45, 2.75) is 17.9 Å². The van der Waals surface area contributed by atoms with Crippen LogP contribution < -0.4 is 10.1 Å². The third kappa shape index (κ3) is 2.49. The third-order valence-electron chi connectivity index (χ3n) is 3.75. The monoisotopic (exact) mass is 303 g/mol. The number of hydrogen-bond donors (Lipinski definition) is 1. The number of ether oxygens (including phenoxy) is 1. The maximum Gasteiger partial charge on any atom is 0.181 e. The molecule has 1 heterocycles. The molecule has 0 fully saturated rings. The van der Waals surface area contributed by atoms with Crippen molar-refractivity contribution in [3.8, 4) is 5.75 Å². The van der Waals surface area contributed by atoms with E-state index in [1.54, 1.807) is 19.2 Å². The molecule has 1 N–H and O–H groups in total. The molecule has 2 aromatic rings. The molecule has 1 atom stereocenters. The molecule has 21 heavy (non-hydrogen) atoms. The molecule has 1 aliphatic rings. The highest BCUT2D eigenvalue weighted by Crippen LogP contribution is 2.35. The molecule has 0 aliphatic carbocycles. The third-order valence-corrected chi connectivity index (χ3v) is 5.57. The minimum atomic E-state index is -3.19. The topological polar surface area (TPSA) is 55.4 Å². The van der Waals surface area contributed by atoms with Crippen LogP contribution >= 0.6 is 0 Å². The summed E-state index contributed by atoms with van der Waals surface area (Å²) in [6.07, 6.45) is 0. The van der Waals surface area contributed by atoms with Crippen LogP contribution in [-0.4, -0.2) is 21.3 Å². The number of sulfone groups is 1. The van der Waals surface area contributed by atoms with Crippen LogP contribution in [0.2, 0.25) is 0 Å². The Morgan fingerprint density at radius 1 is 1.19 bits per heavy atom. The van der Waals surface area contributed by atoms with Crippen molar-refractivity contribution in [3.05, 3.63) is 53.6 Å². The van der Waals surface area contributed by atoms with Crippen molar-refractivity contribution in [1.29, 1.82) is 0 Å². The standard InChI is InChI=1S/C16H17NO3S/c1-11-9-12(7-8-15(11)20-2)17-14-10-21(18,19)16-6-4-3-5-13(14)16/h3-9,14,17H,10H2,1-2H3. The predicted octanol–water partition coefficient (Wildman–Crippen LogP) is 2.94. The average molecular weight is 303 g/mol. The molecule has 0 aromatic heterocycles. The minimum absolute atomic E-state index is 0.0947. The molecule has 5 heteroatoms. The fraction of sp³-hybridized carbons (Fsp3) is 0.250. The van der Waals surface area contributed by atoms with E-state index in [-0.39, 0.29) is 11.8 Å². The van der Waals surface area contributed by atoms with Crippen molar-refractivity contribution in [3.63, 3.8) is 0 Å². The molecule has 4 nitrogen and oxygen atoms in total. The van der Waals surface area contributed by atoms with Gasteiger partial charge in [0.2, 0.25) is 0 Å². The van der Waals surface area contributed by atoms with Gasteiger partial charge in [-0.25, -0.2) is 8.42 Å². The van der Waals surface area contributed by atoms with Gasteiger partial charge in [-0.15, -0.1) is 0 Å². The smallest absolute Gasteiger partial charge is 0.181 e. The first-order chi connectivity index (χ1) is 10.0. The Labute approximate surface area is 124 Å². The summed E-state index contributed by atoms with van der Waals surface area (Å²) in [6.45, 7) is 1.96. The SMILES string of the molecule is COc1ccc(NC2CS(=O)(=O)c3ccccc32)cc1C. The summed E-state index contributed by atoms with van der Waals surface area (Å²) in [5.74, 6) is 0.914. The summed E-state index contributed by atoms with van der Waals surface area (Å²) >= 11 is 0. The van der Waals surface area contributed by atoms with Gasteiger partial charge in [0, 0.05) is 5.69 Å².